The third-order valence-corrected chi connectivity index (χ3v) is 3.21. The molecule has 3 rings (SSSR count). The second-order valence-electron chi connectivity index (χ2n) is 4.55. The van der Waals surface area contributed by atoms with Crippen molar-refractivity contribution in [3.05, 3.63) is 70.1 Å². The Balaban J connectivity index is 2.52. The summed E-state index contributed by atoms with van der Waals surface area (Å²) in [5.74, 6) is -2.70. The maximum atomic E-state index is 14.0. The van der Waals surface area contributed by atoms with E-state index in [0.29, 0.717) is 0 Å². The molecular weight excluding hydrogens is 292 g/mol. The lowest BCUT2D eigenvalue weighted by atomic mass is 10.1. The first kappa shape index (κ1) is 13.9. The molecule has 2 aromatic heterocycles. The van der Waals surface area contributed by atoms with Gasteiger partial charge in [-0.25, -0.2) is 13.8 Å². The van der Waals surface area contributed by atoms with Crippen LogP contribution in [-0.2, 0) is 0 Å². The number of halogens is 2. The van der Waals surface area contributed by atoms with Crippen molar-refractivity contribution in [3.63, 3.8) is 0 Å². The van der Waals surface area contributed by atoms with E-state index in [1.165, 1.54) is 24.4 Å². The summed E-state index contributed by atoms with van der Waals surface area (Å²) in [5.41, 5.74) is 3.75. The van der Waals surface area contributed by atoms with E-state index >= 15 is 0 Å². The molecule has 0 aliphatic heterocycles. The topological polar surface area (TPSA) is 78.0 Å². The smallest absolute Gasteiger partial charge is 0.254 e. The summed E-state index contributed by atoms with van der Waals surface area (Å²) in [6.45, 7) is 0. The Bertz CT molecular complexity index is 946. The number of amides is 1. The van der Waals surface area contributed by atoms with Gasteiger partial charge in [0, 0.05) is 12.4 Å². The fourth-order valence-electron chi connectivity index (χ4n) is 2.23. The Kier molecular flexibility index (Phi) is 3.17. The Morgan fingerprint density at radius 3 is 2.45 bits per heavy atom. The number of pyridine rings is 2. The molecule has 0 saturated carbocycles. The molecule has 22 heavy (non-hydrogen) atoms. The fourth-order valence-corrected chi connectivity index (χ4v) is 2.23. The van der Waals surface area contributed by atoms with Crippen LogP contribution in [0, 0.1) is 11.6 Å². The van der Waals surface area contributed by atoms with Crippen molar-refractivity contribution in [2.45, 2.75) is 0 Å². The van der Waals surface area contributed by atoms with Crippen LogP contribution in [0.1, 0.15) is 10.4 Å². The molecule has 1 aromatic carbocycles. The number of primary amides is 1. The highest BCUT2D eigenvalue weighted by atomic mass is 19.1. The number of hydrogen-bond acceptors (Lipinski definition) is 3. The molecule has 2 heterocycles. The minimum atomic E-state index is -0.985. The Morgan fingerprint density at radius 2 is 1.82 bits per heavy atom. The van der Waals surface area contributed by atoms with E-state index < -0.39 is 28.7 Å². The first-order chi connectivity index (χ1) is 10.5. The molecule has 7 heteroatoms. The summed E-state index contributed by atoms with van der Waals surface area (Å²) >= 11 is 0. The fraction of sp³-hybridized carbons (Fsp3) is 0. The molecule has 0 spiro atoms. The number of carbonyl (C=O) groups is 1. The second kappa shape index (κ2) is 5.03. The van der Waals surface area contributed by atoms with Crippen molar-refractivity contribution >= 4 is 16.9 Å². The number of rotatable bonds is 2. The van der Waals surface area contributed by atoms with Gasteiger partial charge < -0.3 is 5.73 Å². The molecule has 0 radical (unpaired) electrons. The maximum absolute atomic E-state index is 14.0. The van der Waals surface area contributed by atoms with E-state index in [9.17, 15) is 18.4 Å². The van der Waals surface area contributed by atoms with Crippen molar-refractivity contribution in [2.24, 2.45) is 5.73 Å². The number of hydrogen-bond donors (Lipinski definition) is 1. The monoisotopic (exact) mass is 301 g/mol. The van der Waals surface area contributed by atoms with Crippen molar-refractivity contribution in [1.29, 1.82) is 0 Å². The van der Waals surface area contributed by atoms with Crippen molar-refractivity contribution in [1.82, 2.24) is 9.55 Å². The van der Waals surface area contributed by atoms with Crippen molar-refractivity contribution < 1.29 is 13.6 Å². The number of nitrogens with zero attached hydrogens (tertiary/aromatic N) is 2. The summed E-state index contributed by atoms with van der Waals surface area (Å²) in [6.07, 6.45) is 2.38. The summed E-state index contributed by atoms with van der Waals surface area (Å²) in [7, 11) is 0. The van der Waals surface area contributed by atoms with Gasteiger partial charge in [-0.05, 0) is 24.3 Å². The number of benzene rings is 1. The third-order valence-electron chi connectivity index (χ3n) is 3.21. The van der Waals surface area contributed by atoms with E-state index in [2.05, 4.69) is 4.98 Å². The van der Waals surface area contributed by atoms with Crippen molar-refractivity contribution in [2.75, 3.05) is 0 Å². The van der Waals surface area contributed by atoms with E-state index in [-0.39, 0.29) is 16.6 Å². The number of nitrogens with two attached hydrogens (primary N) is 1. The average molecular weight is 301 g/mol. The zero-order valence-corrected chi connectivity index (χ0v) is 11.1. The maximum Gasteiger partial charge on any atom is 0.254 e. The molecule has 0 bridgehead atoms. The molecular formula is C15H9F2N3O2. The highest BCUT2D eigenvalue weighted by Gasteiger charge is 2.18. The zero-order valence-electron chi connectivity index (χ0n) is 11.1. The Labute approximate surface area is 122 Å². The molecule has 110 valence electrons. The standard InChI is InChI=1S/C15H9F2N3O2/c16-10-4-1-5-11(17)12(10)20-7-9(14(18)22)13(21)8-3-2-6-19-15(8)20/h1-7H,(H2,18,22). The van der Waals surface area contributed by atoms with Gasteiger partial charge in [-0.15, -0.1) is 0 Å². The van der Waals surface area contributed by atoms with Crippen LogP contribution in [0.25, 0.3) is 16.7 Å². The van der Waals surface area contributed by atoms with Gasteiger partial charge in [0.1, 0.15) is 28.5 Å². The third kappa shape index (κ3) is 2.03. The van der Waals surface area contributed by atoms with Gasteiger partial charge in [0.2, 0.25) is 5.43 Å². The Morgan fingerprint density at radius 1 is 1.14 bits per heavy atom. The van der Waals surface area contributed by atoms with E-state index in [4.69, 9.17) is 5.73 Å². The number of aromatic nitrogens is 2. The summed E-state index contributed by atoms with van der Waals surface area (Å²) in [6, 6.07) is 6.23. The van der Waals surface area contributed by atoms with E-state index in [1.54, 1.807) is 0 Å². The number of carbonyl (C=O) groups excluding carboxylic acids is 1. The van der Waals surface area contributed by atoms with Crippen molar-refractivity contribution in [3.8, 4) is 5.69 Å². The van der Waals surface area contributed by atoms with Gasteiger partial charge in [0.15, 0.2) is 0 Å². The van der Waals surface area contributed by atoms with Crippen LogP contribution in [0.2, 0.25) is 0 Å². The van der Waals surface area contributed by atoms with Crippen LogP contribution in [0.3, 0.4) is 0 Å². The van der Waals surface area contributed by atoms with Gasteiger partial charge >= 0.3 is 0 Å². The van der Waals surface area contributed by atoms with Crippen LogP contribution < -0.4 is 11.2 Å². The van der Waals surface area contributed by atoms with Gasteiger partial charge in [-0.3, -0.25) is 14.2 Å². The van der Waals surface area contributed by atoms with Crippen LogP contribution in [0.5, 0.6) is 0 Å². The number of para-hydroxylation sites is 1. The minimum Gasteiger partial charge on any atom is -0.365 e. The molecule has 0 aliphatic carbocycles. The van der Waals surface area contributed by atoms with Gasteiger partial charge in [0.05, 0.1) is 5.39 Å². The molecule has 1 amide bonds. The summed E-state index contributed by atoms with van der Waals surface area (Å²) in [4.78, 5) is 27.6. The zero-order chi connectivity index (χ0) is 15.9. The SMILES string of the molecule is NC(=O)c1cn(-c2c(F)cccc2F)c2ncccc2c1=O. The first-order valence-electron chi connectivity index (χ1n) is 6.25. The lowest BCUT2D eigenvalue weighted by Gasteiger charge is -2.13. The predicted molar refractivity (Wildman–Crippen MR) is 75.8 cm³/mol. The lowest BCUT2D eigenvalue weighted by Crippen LogP contribution is -2.24. The molecule has 2 N–H and O–H groups in total. The molecule has 0 aliphatic rings. The molecule has 3 aromatic rings. The molecule has 0 saturated heterocycles. The Hall–Kier alpha value is -3.09. The summed E-state index contributed by atoms with van der Waals surface area (Å²) < 4.78 is 29.0. The highest BCUT2D eigenvalue weighted by Crippen LogP contribution is 2.21. The van der Waals surface area contributed by atoms with Crippen LogP contribution >= 0.6 is 0 Å². The average Bonchev–Trinajstić information content (AvgIpc) is 2.49. The predicted octanol–water partition coefficient (Wildman–Crippen LogP) is 1.76. The van der Waals surface area contributed by atoms with Crippen LogP contribution in [0.15, 0.2) is 47.5 Å². The van der Waals surface area contributed by atoms with E-state index in [1.807, 2.05) is 0 Å². The normalized spacial score (nSPS) is 10.8. The summed E-state index contributed by atoms with van der Waals surface area (Å²) in [5, 5.41) is 0.0430. The largest absolute Gasteiger partial charge is 0.365 e. The van der Waals surface area contributed by atoms with Gasteiger partial charge in [-0.2, -0.15) is 0 Å². The highest BCUT2D eigenvalue weighted by molar-refractivity contribution is 5.96. The van der Waals surface area contributed by atoms with Gasteiger partial charge in [-0.1, -0.05) is 6.07 Å². The first-order valence-corrected chi connectivity index (χ1v) is 6.25. The van der Waals surface area contributed by atoms with E-state index in [0.717, 1.165) is 22.9 Å². The van der Waals surface area contributed by atoms with Crippen LogP contribution in [-0.4, -0.2) is 15.5 Å². The lowest BCUT2D eigenvalue weighted by molar-refractivity contribution is 0.0999. The quantitative estimate of drug-likeness (QED) is 0.783. The molecule has 0 unspecified atom stereocenters. The second-order valence-corrected chi connectivity index (χ2v) is 4.55. The number of fused-ring (bicyclic) bond motifs is 1. The molecule has 0 atom stereocenters. The molecule has 5 nitrogen and oxygen atoms in total. The van der Waals surface area contributed by atoms with Gasteiger partial charge in [0.25, 0.3) is 5.91 Å². The van der Waals surface area contributed by atoms with Crippen LogP contribution in [0.4, 0.5) is 8.78 Å². The molecule has 0 fully saturated rings. The minimum absolute atomic E-state index is 0.0292.